The van der Waals surface area contributed by atoms with Gasteiger partial charge in [0.05, 0.1) is 12.5 Å². The first kappa shape index (κ1) is 34.7. The van der Waals surface area contributed by atoms with E-state index in [9.17, 15) is 0 Å². The summed E-state index contributed by atoms with van der Waals surface area (Å²) in [5.74, 6) is 0.804. The van der Waals surface area contributed by atoms with Crippen LogP contribution in [0.4, 0.5) is 0 Å². The Hall–Kier alpha value is -6.03. The van der Waals surface area contributed by atoms with Crippen LogP contribution in [0.1, 0.15) is 86.2 Å². The number of hydrogen-bond donors (Lipinski definition) is 0. The number of benzene rings is 6. The van der Waals surface area contributed by atoms with Crippen LogP contribution in [0.15, 0.2) is 152 Å². The second kappa shape index (κ2) is 16.4. The zero-order chi connectivity index (χ0) is 47.0. The Morgan fingerprint density at radius 2 is 1.41 bits per heavy atom. The number of para-hydroxylation sites is 2. The van der Waals surface area contributed by atoms with Crippen molar-refractivity contribution in [3.05, 3.63) is 187 Å². The monoisotopic (exact) mass is 983 g/mol. The number of hydrogen-bond acceptors (Lipinski definition) is 2. The zero-order valence-corrected chi connectivity index (χ0v) is 37.8. The van der Waals surface area contributed by atoms with Gasteiger partial charge in [-0.3, -0.25) is 4.57 Å². The molecule has 3 heterocycles. The normalized spacial score (nSPS) is 13.5. The number of ether oxygens (including phenoxy) is 1. The molecular formula is C55H50N4OPt-2. The van der Waals surface area contributed by atoms with Gasteiger partial charge in [-0.05, 0) is 84.9 Å². The summed E-state index contributed by atoms with van der Waals surface area (Å²) < 4.78 is 64.4. The van der Waals surface area contributed by atoms with E-state index < -0.39 is 24.0 Å². The van der Waals surface area contributed by atoms with Crippen LogP contribution in [0.2, 0.25) is 0 Å². The quantitative estimate of drug-likeness (QED) is 0.112. The first-order valence-corrected chi connectivity index (χ1v) is 20.2. The molecule has 0 amide bonds. The minimum atomic E-state index is -0.810. The van der Waals surface area contributed by atoms with E-state index in [2.05, 4.69) is 94.9 Å². The maximum absolute atomic E-state index is 9.02. The van der Waals surface area contributed by atoms with Crippen molar-refractivity contribution in [3.8, 4) is 50.9 Å². The number of pyridine rings is 1. The molecular weight excluding hydrogens is 928 g/mol. The van der Waals surface area contributed by atoms with E-state index in [1.54, 1.807) is 16.8 Å². The summed E-state index contributed by atoms with van der Waals surface area (Å²) in [7, 11) is 0. The fourth-order valence-corrected chi connectivity index (χ4v) is 7.62. The van der Waals surface area contributed by atoms with Crippen molar-refractivity contribution in [2.75, 3.05) is 0 Å². The maximum Gasteiger partial charge on any atom is 0.267 e. The van der Waals surface area contributed by atoms with E-state index in [-0.39, 0.29) is 49.5 Å². The molecule has 3 aromatic heterocycles. The minimum Gasteiger partial charge on any atom is -0.510 e. The maximum atomic E-state index is 9.02. The molecule has 0 aliphatic heterocycles. The van der Waals surface area contributed by atoms with Crippen LogP contribution in [-0.2, 0) is 31.9 Å². The van der Waals surface area contributed by atoms with Crippen LogP contribution < -0.4 is 9.30 Å². The summed E-state index contributed by atoms with van der Waals surface area (Å²) in [5.41, 5.74) is 8.12. The van der Waals surface area contributed by atoms with E-state index >= 15 is 0 Å². The summed E-state index contributed by atoms with van der Waals surface area (Å²) in [5, 5.41) is 2.04. The minimum absolute atomic E-state index is 0. The van der Waals surface area contributed by atoms with Crippen LogP contribution in [0.3, 0.4) is 0 Å². The summed E-state index contributed by atoms with van der Waals surface area (Å²) in [6.45, 7) is 16.9. The fourth-order valence-electron chi connectivity index (χ4n) is 7.62. The molecule has 6 heteroatoms. The summed E-state index contributed by atoms with van der Waals surface area (Å²) in [6.07, 6.45) is 8.91. The van der Waals surface area contributed by atoms with Crippen LogP contribution >= 0.6 is 0 Å². The second-order valence-corrected chi connectivity index (χ2v) is 17.5. The number of nitrogens with zero attached hydrogens (tertiary/aromatic N) is 4. The molecule has 0 radical (unpaired) electrons. The standard InChI is InChI=1S/C55H50N4O.Pt/c1-37(2)39-26-27-56-52(32-39)59-50-23-13-12-20-48(50)49-25-24-45(35-51(49)59)60-44-19-14-18-43(34-44)57-28-29-58(36-57)53-46(38-16-10-9-11-17-38)21-15-22-47(53)40-30-41(54(3,4)5)33-42(31-40)55(6,7)8;/h9-33,37H,1-8H3;/q-2;/i9D,10D,11D,16D,17D,37D;. The Kier molecular flexibility index (Phi) is 9.34. The van der Waals surface area contributed by atoms with Gasteiger partial charge in [0.25, 0.3) is 6.33 Å². The van der Waals surface area contributed by atoms with Crippen molar-refractivity contribution in [3.63, 3.8) is 0 Å². The van der Waals surface area contributed by atoms with Crippen molar-refractivity contribution in [1.29, 1.82) is 0 Å². The molecule has 61 heavy (non-hydrogen) atoms. The average Bonchev–Trinajstić information content (AvgIpc) is 3.90. The van der Waals surface area contributed by atoms with Crippen molar-refractivity contribution in [1.82, 2.24) is 14.1 Å². The summed E-state index contributed by atoms with van der Waals surface area (Å²) in [4.78, 5) is 4.73. The van der Waals surface area contributed by atoms with E-state index in [0.29, 0.717) is 34.3 Å². The van der Waals surface area contributed by atoms with E-state index in [0.717, 1.165) is 49.6 Å². The van der Waals surface area contributed by atoms with Crippen LogP contribution in [0.5, 0.6) is 11.5 Å². The molecule has 9 aromatic rings. The summed E-state index contributed by atoms with van der Waals surface area (Å²) >= 11 is 0. The third-order valence-corrected chi connectivity index (χ3v) is 10.9. The molecule has 0 saturated carbocycles. The first-order chi connectivity index (χ1) is 31.2. The van der Waals surface area contributed by atoms with Crippen LogP contribution in [0.25, 0.3) is 61.3 Å². The molecule has 6 aromatic carbocycles. The average molecular weight is 984 g/mol. The predicted molar refractivity (Wildman–Crippen MR) is 245 cm³/mol. The zero-order valence-electron chi connectivity index (χ0n) is 41.6. The second-order valence-electron chi connectivity index (χ2n) is 17.5. The number of imidazole rings is 1. The number of aromatic nitrogens is 4. The third-order valence-electron chi connectivity index (χ3n) is 10.9. The SMILES string of the molecule is [2H]c1c([2H])c([2H])c(-c2cccc(-c3cc(C(C)(C)C)cc(C(C)(C)C)c3)c2-[n+]2[c-]n(-c3[c-]c(Oc4[c-]c5c(cc4)c4ccccc4n5-c4cc(C([2H])(C)C)ccn4)ccc3)cc2)c([2H])c1[2H].[Pt]. The van der Waals surface area contributed by atoms with Gasteiger partial charge in [0, 0.05) is 58.0 Å². The topological polar surface area (TPSA) is 35.9 Å². The molecule has 0 spiro atoms. The Labute approximate surface area is 383 Å². The van der Waals surface area contributed by atoms with Gasteiger partial charge in [-0.25, -0.2) is 4.98 Å². The van der Waals surface area contributed by atoms with Gasteiger partial charge in [-0.1, -0.05) is 146 Å². The molecule has 9 rings (SSSR count). The smallest absolute Gasteiger partial charge is 0.267 e. The van der Waals surface area contributed by atoms with E-state index in [1.807, 2.05) is 97.5 Å². The molecule has 0 N–H and O–H groups in total. The van der Waals surface area contributed by atoms with Crippen molar-refractivity contribution < 1.29 is 38.6 Å². The molecule has 0 atom stereocenters. The molecule has 0 saturated heterocycles. The van der Waals surface area contributed by atoms with Gasteiger partial charge in [0.2, 0.25) is 0 Å². The van der Waals surface area contributed by atoms with Crippen molar-refractivity contribution >= 4 is 21.8 Å². The van der Waals surface area contributed by atoms with Gasteiger partial charge >= 0.3 is 0 Å². The molecule has 0 fully saturated rings. The van der Waals surface area contributed by atoms with Crippen LogP contribution in [0, 0.1) is 18.5 Å². The van der Waals surface area contributed by atoms with Crippen molar-refractivity contribution in [2.24, 2.45) is 0 Å². The van der Waals surface area contributed by atoms with Gasteiger partial charge in [-0.2, -0.15) is 18.2 Å². The molecule has 0 aliphatic carbocycles. The predicted octanol–water partition coefficient (Wildman–Crippen LogP) is 13.5. The van der Waals surface area contributed by atoms with Gasteiger partial charge < -0.3 is 13.9 Å². The van der Waals surface area contributed by atoms with Crippen molar-refractivity contribution in [2.45, 2.75) is 72.1 Å². The molecule has 0 aliphatic rings. The van der Waals surface area contributed by atoms with Crippen LogP contribution in [-0.4, -0.2) is 14.1 Å². The fraction of sp³-hybridized carbons (Fsp3) is 0.200. The van der Waals surface area contributed by atoms with E-state index in [4.69, 9.17) is 17.9 Å². The van der Waals surface area contributed by atoms with E-state index in [1.165, 1.54) is 0 Å². The molecule has 0 bridgehead atoms. The third kappa shape index (κ3) is 8.24. The molecule has 0 unspecified atom stereocenters. The number of fused-ring (bicyclic) bond motifs is 3. The Bertz CT molecular complexity index is 3310. The Morgan fingerprint density at radius 1 is 0.721 bits per heavy atom. The molecule has 308 valence electrons. The van der Waals surface area contributed by atoms with Gasteiger partial charge in [-0.15, -0.1) is 29.7 Å². The number of rotatable bonds is 8. The van der Waals surface area contributed by atoms with Gasteiger partial charge in [0.15, 0.2) is 0 Å². The Morgan fingerprint density at radius 3 is 2.13 bits per heavy atom. The first-order valence-electron chi connectivity index (χ1n) is 23.2. The van der Waals surface area contributed by atoms with Gasteiger partial charge in [0.1, 0.15) is 5.82 Å². The largest absolute Gasteiger partial charge is 0.510 e. The Balaban J connectivity index is 0.00000608. The summed E-state index contributed by atoms with van der Waals surface area (Å²) in [6, 6.07) is 38.9. The molecule has 5 nitrogen and oxygen atoms in total.